The van der Waals surface area contributed by atoms with E-state index >= 15 is 0 Å². The van der Waals surface area contributed by atoms with E-state index in [4.69, 9.17) is 0 Å². The number of hydrogen-bond donors (Lipinski definition) is 1. The second-order valence-corrected chi connectivity index (χ2v) is 7.38. The molecule has 1 unspecified atom stereocenters. The van der Waals surface area contributed by atoms with E-state index in [1.54, 1.807) is 0 Å². The van der Waals surface area contributed by atoms with Crippen LogP contribution in [0.4, 0.5) is 0 Å². The Labute approximate surface area is 114 Å². The molecule has 106 valence electrons. The van der Waals surface area contributed by atoms with Gasteiger partial charge in [0, 0.05) is 12.6 Å². The van der Waals surface area contributed by atoms with Gasteiger partial charge in [0.05, 0.1) is 0 Å². The molecule has 1 saturated heterocycles. The van der Waals surface area contributed by atoms with Crippen LogP contribution >= 0.6 is 0 Å². The molecule has 2 aliphatic rings. The van der Waals surface area contributed by atoms with Gasteiger partial charge in [-0.25, -0.2) is 0 Å². The highest BCUT2D eigenvalue weighted by Gasteiger charge is 2.27. The molecule has 2 rings (SSSR count). The van der Waals surface area contributed by atoms with Crippen LogP contribution in [-0.2, 0) is 0 Å². The van der Waals surface area contributed by atoms with Crippen molar-refractivity contribution in [1.82, 2.24) is 10.2 Å². The lowest BCUT2D eigenvalue weighted by molar-refractivity contribution is 0.169. The molecule has 0 bridgehead atoms. The van der Waals surface area contributed by atoms with Crippen LogP contribution in [0.3, 0.4) is 0 Å². The lowest BCUT2D eigenvalue weighted by Gasteiger charge is -2.33. The van der Waals surface area contributed by atoms with Crippen LogP contribution in [0.15, 0.2) is 0 Å². The Balaban J connectivity index is 1.79. The lowest BCUT2D eigenvalue weighted by atomic mass is 9.85. The predicted molar refractivity (Wildman–Crippen MR) is 78.9 cm³/mol. The maximum atomic E-state index is 3.47. The van der Waals surface area contributed by atoms with Crippen LogP contribution in [0.1, 0.15) is 58.8 Å². The largest absolute Gasteiger partial charge is 0.317 e. The molecule has 18 heavy (non-hydrogen) atoms. The number of piperidine rings is 1. The molecule has 0 radical (unpaired) electrons. The van der Waals surface area contributed by atoms with Gasteiger partial charge in [0.25, 0.3) is 0 Å². The quantitative estimate of drug-likeness (QED) is 0.776. The molecule has 0 aromatic rings. The van der Waals surface area contributed by atoms with Gasteiger partial charge in [-0.3, -0.25) is 0 Å². The average molecular weight is 252 g/mol. The van der Waals surface area contributed by atoms with E-state index in [2.05, 4.69) is 31.1 Å². The second-order valence-electron chi connectivity index (χ2n) is 7.38. The van der Waals surface area contributed by atoms with Crippen molar-refractivity contribution in [3.8, 4) is 0 Å². The van der Waals surface area contributed by atoms with Crippen molar-refractivity contribution in [2.45, 2.75) is 64.8 Å². The highest BCUT2D eigenvalue weighted by Crippen LogP contribution is 2.35. The van der Waals surface area contributed by atoms with Crippen molar-refractivity contribution in [3.05, 3.63) is 0 Å². The third-order valence-electron chi connectivity index (χ3n) is 5.17. The van der Waals surface area contributed by atoms with Crippen LogP contribution in [0.2, 0.25) is 0 Å². The van der Waals surface area contributed by atoms with E-state index in [-0.39, 0.29) is 0 Å². The molecular weight excluding hydrogens is 220 g/mol. The van der Waals surface area contributed by atoms with Crippen LogP contribution in [0.25, 0.3) is 0 Å². The fraction of sp³-hybridized carbons (Fsp3) is 1.00. The van der Waals surface area contributed by atoms with Gasteiger partial charge >= 0.3 is 0 Å². The van der Waals surface area contributed by atoms with Gasteiger partial charge in [0.2, 0.25) is 0 Å². The highest BCUT2D eigenvalue weighted by atomic mass is 15.1. The van der Waals surface area contributed by atoms with Crippen LogP contribution in [0.5, 0.6) is 0 Å². The molecule has 1 heterocycles. The SMILES string of the molecule is CN(CC1CCNCC1)C1CCCC(C)(C)CC1. The number of nitrogens with zero attached hydrogens (tertiary/aromatic N) is 1. The molecule has 1 N–H and O–H groups in total. The summed E-state index contributed by atoms with van der Waals surface area (Å²) in [5.41, 5.74) is 0.588. The Bertz CT molecular complexity index is 243. The lowest BCUT2D eigenvalue weighted by Crippen LogP contribution is -2.39. The molecule has 0 aromatic heterocycles. The minimum Gasteiger partial charge on any atom is -0.317 e. The summed E-state index contributed by atoms with van der Waals surface area (Å²) < 4.78 is 0. The van der Waals surface area contributed by atoms with Gasteiger partial charge in [0.1, 0.15) is 0 Å². The average Bonchev–Trinajstić information content (AvgIpc) is 2.51. The van der Waals surface area contributed by atoms with Crippen molar-refractivity contribution in [2.24, 2.45) is 11.3 Å². The van der Waals surface area contributed by atoms with E-state index in [0.29, 0.717) is 5.41 Å². The summed E-state index contributed by atoms with van der Waals surface area (Å²) in [6, 6.07) is 0.849. The summed E-state index contributed by atoms with van der Waals surface area (Å²) in [6.07, 6.45) is 9.84. The highest BCUT2D eigenvalue weighted by molar-refractivity contribution is 4.82. The zero-order valence-electron chi connectivity index (χ0n) is 12.7. The fourth-order valence-corrected chi connectivity index (χ4v) is 3.70. The summed E-state index contributed by atoms with van der Waals surface area (Å²) >= 11 is 0. The van der Waals surface area contributed by atoms with E-state index in [9.17, 15) is 0 Å². The van der Waals surface area contributed by atoms with Crippen molar-refractivity contribution < 1.29 is 0 Å². The van der Waals surface area contributed by atoms with Crippen LogP contribution in [0, 0.1) is 11.3 Å². The van der Waals surface area contributed by atoms with Gasteiger partial charge in [-0.05, 0) is 70.0 Å². The van der Waals surface area contributed by atoms with E-state index in [0.717, 1.165) is 12.0 Å². The summed E-state index contributed by atoms with van der Waals surface area (Å²) in [4.78, 5) is 2.68. The molecule has 2 nitrogen and oxygen atoms in total. The molecule has 0 spiro atoms. The minimum atomic E-state index is 0.588. The third kappa shape index (κ3) is 4.24. The molecule has 1 aliphatic heterocycles. The topological polar surface area (TPSA) is 15.3 Å². The Morgan fingerprint density at radius 1 is 1.06 bits per heavy atom. The van der Waals surface area contributed by atoms with Crippen LogP contribution in [-0.4, -0.2) is 37.6 Å². The molecule has 2 heteroatoms. The van der Waals surface area contributed by atoms with Crippen LogP contribution < -0.4 is 5.32 Å². The summed E-state index contributed by atoms with van der Waals surface area (Å²) in [5, 5.41) is 3.47. The zero-order valence-corrected chi connectivity index (χ0v) is 12.7. The monoisotopic (exact) mass is 252 g/mol. The summed E-state index contributed by atoms with van der Waals surface area (Å²) in [7, 11) is 2.37. The maximum absolute atomic E-state index is 3.47. The molecule has 1 aliphatic carbocycles. The molecule has 1 saturated carbocycles. The second kappa shape index (κ2) is 6.38. The first-order valence-corrected chi connectivity index (χ1v) is 7.98. The third-order valence-corrected chi connectivity index (χ3v) is 5.17. The van der Waals surface area contributed by atoms with Gasteiger partial charge in [-0.15, -0.1) is 0 Å². The van der Waals surface area contributed by atoms with Crippen molar-refractivity contribution in [2.75, 3.05) is 26.7 Å². The number of nitrogens with one attached hydrogen (secondary N) is 1. The van der Waals surface area contributed by atoms with E-state index in [1.807, 2.05) is 0 Å². The molecule has 0 amide bonds. The van der Waals surface area contributed by atoms with Gasteiger partial charge in [-0.2, -0.15) is 0 Å². The van der Waals surface area contributed by atoms with E-state index < -0.39 is 0 Å². The minimum absolute atomic E-state index is 0.588. The molecule has 2 fully saturated rings. The number of rotatable bonds is 3. The first-order chi connectivity index (χ1) is 8.57. The number of hydrogen-bond acceptors (Lipinski definition) is 2. The van der Waals surface area contributed by atoms with E-state index in [1.165, 1.54) is 64.6 Å². The Kier molecular flexibility index (Phi) is 5.08. The Hall–Kier alpha value is -0.0800. The first-order valence-electron chi connectivity index (χ1n) is 7.98. The van der Waals surface area contributed by atoms with Crippen molar-refractivity contribution >= 4 is 0 Å². The molecular formula is C16H32N2. The smallest absolute Gasteiger partial charge is 0.00925 e. The summed E-state index contributed by atoms with van der Waals surface area (Å²) in [6.45, 7) is 8.68. The fourth-order valence-electron chi connectivity index (χ4n) is 3.70. The predicted octanol–water partition coefficient (Wildman–Crippen LogP) is 3.28. The summed E-state index contributed by atoms with van der Waals surface area (Å²) in [5.74, 6) is 0.938. The van der Waals surface area contributed by atoms with Gasteiger partial charge in [0.15, 0.2) is 0 Å². The van der Waals surface area contributed by atoms with Crippen molar-refractivity contribution in [3.63, 3.8) is 0 Å². The molecule has 1 atom stereocenters. The standard InChI is InChI=1S/C16H32N2/c1-16(2)9-4-5-15(6-10-16)18(3)13-14-7-11-17-12-8-14/h14-15,17H,4-13H2,1-3H3. The maximum Gasteiger partial charge on any atom is 0.00925 e. The van der Waals surface area contributed by atoms with Gasteiger partial charge in [-0.1, -0.05) is 20.3 Å². The Morgan fingerprint density at radius 2 is 1.78 bits per heavy atom. The van der Waals surface area contributed by atoms with Crippen molar-refractivity contribution in [1.29, 1.82) is 0 Å². The normalized spacial score (nSPS) is 30.3. The first kappa shape index (κ1) is 14.3. The Morgan fingerprint density at radius 3 is 2.50 bits per heavy atom. The molecule has 0 aromatic carbocycles. The van der Waals surface area contributed by atoms with Gasteiger partial charge < -0.3 is 10.2 Å². The zero-order chi connectivity index (χ0) is 13.0.